The molecule has 6 nitrogen and oxygen atoms in total. The number of benzene rings is 2. The first-order valence-corrected chi connectivity index (χ1v) is 7.92. The van der Waals surface area contributed by atoms with Crippen molar-refractivity contribution in [2.45, 2.75) is 20.8 Å². The van der Waals surface area contributed by atoms with Crippen LogP contribution in [0.4, 0.5) is 15.8 Å². The number of hydrogen-bond donors (Lipinski definition) is 3. The van der Waals surface area contributed by atoms with Crippen LogP contribution in [0.5, 0.6) is 0 Å². The summed E-state index contributed by atoms with van der Waals surface area (Å²) in [5.41, 5.74) is 4.85. The smallest absolute Gasteiger partial charge is 0.276 e. The Bertz CT molecular complexity index is 877. The Morgan fingerprint density at radius 2 is 2.00 bits per heavy atom. The lowest BCUT2D eigenvalue weighted by atomic mass is 10.1. The van der Waals surface area contributed by atoms with Crippen LogP contribution in [0.25, 0.3) is 10.9 Å². The fourth-order valence-electron chi connectivity index (χ4n) is 2.35. The Balaban J connectivity index is 0.00000109. The minimum Gasteiger partial charge on any atom is -0.352 e. The number of hydroxylamine groups is 1. The fourth-order valence-corrected chi connectivity index (χ4v) is 2.35. The number of H-pyrrole nitrogens is 1. The highest BCUT2D eigenvalue weighted by atomic mass is 19.1. The van der Waals surface area contributed by atoms with Gasteiger partial charge < -0.3 is 5.32 Å². The first-order chi connectivity index (χ1) is 12.1. The van der Waals surface area contributed by atoms with E-state index in [1.54, 1.807) is 37.4 Å². The summed E-state index contributed by atoms with van der Waals surface area (Å²) in [6, 6.07) is 8.18. The van der Waals surface area contributed by atoms with E-state index in [1.165, 1.54) is 13.2 Å². The van der Waals surface area contributed by atoms with Crippen LogP contribution in [0.2, 0.25) is 0 Å². The SMILES string of the molecule is CC.CONC(=O)c1ccc2[nH]ncc2c1Nc1ccc(C)cc1F. The molecule has 0 aliphatic rings. The Kier molecular flexibility index (Phi) is 6.08. The minimum atomic E-state index is -0.439. The van der Waals surface area contributed by atoms with Crippen molar-refractivity contribution in [1.29, 1.82) is 0 Å². The molecule has 0 bridgehead atoms. The number of aromatic amines is 1. The lowest BCUT2D eigenvalue weighted by Gasteiger charge is -2.13. The van der Waals surface area contributed by atoms with Gasteiger partial charge in [-0.3, -0.25) is 14.7 Å². The number of carbonyl (C=O) groups is 1. The number of nitrogens with zero attached hydrogens (tertiary/aromatic N) is 1. The first kappa shape index (κ1) is 18.4. The zero-order valence-corrected chi connectivity index (χ0v) is 14.6. The van der Waals surface area contributed by atoms with Gasteiger partial charge in [0.1, 0.15) is 5.82 Å². The van der Waals surface area contributed by atoms with Crippen molar-refractivity contribution < 1.29 is 14.0 Å². The van der Waals surface area contributed by atoms with Crippen molar-refractivity contribution in [2.24, 2.45) is 0 Å². The maximum absolute atomic E-state index is 14.1. The molecular weight excluding hydrogens is 323 g/mol. The second-order valence-corrected chi connectivity index (χ2v) is 5.06. The van der Waals surface area contributed by atoms with Crippen LogP contribution in [0.15, 0.2) is 36.5 Å². The van der Waals surface area contributed by atoms with Crippen molar-refractivity contribution in [3.63, 3.8) is 0 Å². The molecule has 0 saturated carbocycles. The molecule has 1 amide bonds. The number of halogens is 1. The maximum atomic E-state index is 14.1. The third kappa shape index (κ3) is 3.95. The minimum absolute atomic E-state index is 0.274. The number of anilines is 2. The fraction of sp³-hybridized carbons (Fsp3) is 0.222. The molecule has 3 rings (SSSR count). The predicted octanol–water partition coefficient (Wildman–Crippen LogP) is 4.07. The van der Waals surface area contributed by atoms with Gasteiger partial charge in [0.15, 0.2) is 0 Å². The molecule has 25 heavy (non-hydrogen) atoms. The van der Waals surface area contributed by atoms with Gasteiger partial charge in [-0.2, -0.15) is 5.10 Å². The average molecular weight is 344 g/mol. The summed E-state index contributed by atoms with van der Waals surface area (Å²) in [7, 11) is 1.35. The zero-order chi connectivity index (χ0) is 18.4. The lowest BCUT2D eigenvalue weighted by molar-refractivity contribution is 0.0538. The number of amides is 1. The Labute approximate surface area is 145 Å². The van der Waals surface area contributed by atoms with Gasteiger partial charge >= 0.3 is 0 Å². The quantitative estimate of drug-likeness (QED) is 0.623. The predicted molar refractivity (Wildman–Crippen MR) is 96.3 cm³/mol. The Morgan fingerprint density at radius 3 is 2.68 bits per heavy atom. The summed E-state index contributed by atoms with van der Waals surface area (Å²) < 4.78 is 14.1. The molecule has 0 aliphatic carbocycles. The third-order valence-corrected chi connectivity index (χ3v) is 3.45. The highest BCUT2D eigenvalue weighted by Gasteiger charge is 2.17. The maximum Gasteiger partial charge on any atom is 0.276 e. The van der Waals surface area contributed by atoms with Gasteiger partial charge in [0.25, 0.3) is 5.91 Å². The van der Waals surface area contributed by atoms with Gasteiger partial charge in [0, 0.05) is 5.39 Å². The summed E-state index contributed by atoms with van der Waals surface area (Å²) in [5, 5.41) is 10.4. The molecule has 3 N–H and O–H groups in total. The number of nitrogens with one attached hydrogen (secondary N) is 3. The molecular formula is C18H21FN4O2. The van der Waals surface area contributed by atoms with E-state index in [0.29, 0.717) is 16.6 Å². The molecule has 0 saturated heterocycles. The van der Waals surface area contributed by atoms with Crippen molar-refractivity contribution in [3.05, 3.63) is 53.5 Å². The number of fused-ring (bicyclic) bond motifs is 1. The van der Waals surface area contributed by atoms with Crippen molar-refractivity contribution in [1.82, 2.24) is 15.7 Å². The number of hydrogen-bond acceptors (Lipinski definition) is 4. The molecule has 132 valence electrons. The molecule has 1 heterocycles. The summed E-state index contributed by atoms with van der Waals surface area (Å²) in [6.45, 7) is 5.81. The molecule has 0 radical (unpaired) electrons. The van der Waals surface area contributed by atoms with Crippen LogP contribution < -0.4 is 10.8 Å². The van der Waals surface area contributed by atoms with E-state index in [1.807, 2.05) is 13.8 Å². The molecule has 0 spiro atoms. The third-order valence-electron chi connectivity index (χ3n) is 3.45. The molecule has 0 aliphatic heterocycles. The van der Waals surface area contributed by atoms with Gasteiger partial charge in [0.2, 0.25) is 0 Å². The second-order valence-electron chi connectivity index (χ2n) is 5.06. The topological polar surface area (TPSA) is 79.0 Å². The zero-order valence-electron chi connectivity index (χ0n) is 14.6. The van der Waals surface area contributed by atoms with Gasteiger partial charge in [-0.15, -0.1) is 0 Å². The number of carbonyl (C=O) groups excluding carboxylic acids is 1. The normalized spacial score (nSPS) is 10.1. The molecule has 1 aromatic heterocycles. The second kappa shape index (κ2) is 8.25. The number of aryl methyl sites for hydroxylation is 1. The van der Waals surface area contributed by atoms with Crippen LogP contribution in [0, 0.1) is 12.7 Å². The van der Waals surface area contributed by atoms with Crippen molar-refractivity contribution >= 4 is 28.2 Å². The van der Waals surface area contributed by atoms with Gasteiger partial charge in [-0.25, -0.2) is 9.87 Å². The number of aromatic nitrogens is 2. The molecule has 3 aromatic rings. The van der Waals surface area contributed by atoms with Crippen LogP contribution in [0.1, 0.15) is 29.8 Å². The highest BCUT2D eigenvalue weighted by molar-refractivity contribution is 6.08. The van der Waals surface area contributed by atoms with Crippen molar-refractivity contribution in [2.75, 3.05) is 12.4 Å². The summed E-state index contributed by atoms with van der Waals surface area (Å²) >= 11 is 0. The lowest BCUT2D eigenvalue weighted by Crippen LogP contribution is -2.22. The number of rotatable bonds is 4. The van der Waals surface area contributed by atoms with Gasteiger partial charge in [-0.1, -0.05) is 19.9 Å². The van der Waals surface area contributed by atoms with Gasteiger partial charge in [-0.05, 0) is 36.8 Å². The van der Waals surface area contributed by atoms with E-state index in [2.05, 4.69) is 25.8 Å². The molecule has 2 aromatic carbocycles. The van der Waals surface area contributed by atoms with Crippen LogP contribution in [0.3, 0.4) is 0 Å². The van der Waals surface area contributed by atoms with E-state index in [-0.39, 0.29) is 5.69 Å². The Morgan fingerprint density at radius 1 is 1.24 bits per heavy atom. The standard InChI is InChI=1S/C16H15FN4O2.C2H6/c1-9-3-5-14(12(17)7-9)19-15-10(16(22)21-23-2)4-6-13-11(15)8-18-20-13;1-2/h3-8,19H,1-2H3,(H,18,20)(H,21,22);1-2H3. The molecule has 0 atom stereocenters. The first-order valence-electron chi connectivity index (χ1n) is 7.92. The van der Waals surface area contributed by atoms with E-state index in [9.17, 15) is 9.18 Å². The summed E-state index contributed by atoms with van der Waals surface area (Å²) in [5.74, 6) is -0.839. The summed E-state index contributed by atoms with van der Waals surface area (Å²) in [4.78, 5) is 16.8. The van der Waals surface area contributed by atoms with Crippen LogP contribution in [-0.2, 0) is 4.84 Å². The van der Waals surface area contributed by atoms with Crippen molar-refractivity contribution in [3.8, 4) is 0 Å². The average Bonchev–Trinajstić information content (AvgIpc) is 3.08. The van der Waals surface area contributed by atoms with Gasteiger partial charge in [0.05, 0.1) is 35.8 Å². The molecule has 0 fully saturated rings. The largest absolute Gasteiger partial charge is 0.352 e. The monoisotopic (exact) mass is 344 g/mol. The highest BCUT2D eigenvalue weighted by Crippen LogP contribution is 2.30. The summed E-state index contributed by atoms with van der Waals surface area (Å²) in [6.07, 6.45) is 1.58. The van der Waals surface area contributed by atoms with E-state index >= 15 is 0 Å². The molecule has 0 unspecified atom stereocenters. The molecule has 7 heteroatoms. The van der Waals surface area contributed by atoms with Crippen LogP contribution >= 0.6 is 0 Å². The Hall–Kier alpha value is -2.93. The van der Waals surface area contributed by atoms with E-state index in [0.717, 1.165) is 11.1 Å². The van der Waals surface area contributed by atoms with Crippen LogP contribution in [-0.4, -0.2) is 23.2 Å². The van der Waals surface area contributed by atoms with E-state index in [4.69, 9.17) is 0 Å². The van der Waals surface area contributed by atoms with E-state index < -0.39 is 11.7 Å².